The van der Waals surface area contributed by atoms with Crippen molar-refractivity contribution in [3.8, 4) is 11.8 Å². The standard InChI is InChI=1S/C12H10N4O/c13-7-10-6-9(3-5-15-10)8-17-11-2-1-4-16-12(11)14/h1-6H,8H2,(H2,14,16). The van der Waals surface area contributed by atoms with Gasteiger partial charge in [0, 0.05) is 12.4 Å². The molecule has 2 N–H and O–H groups in total. The normalized spacial score (nSPS) is 9.59. The van der Waals surface area contributed by atoms with E-state index in [4.69, 9.17) is 15.7 Å². The van der Waals surface area contributed by atoms with Crippen molar-refractivity contribution in [2.75, 3.05) is 5.73 Å². The Bertz CT molecular complexity index is 562. The first kappa shape index (κ1) is 10.9. The zero-order chi connectivity index (χ0) is 12.1. The predicted molar refractivity (Wildman–Crippen MR) is 61.9 cm³/mol. The molecule has 0 bridgehead atoms. The molecular weight excluding hydrogens is 216 g/mol. The molecule has 0 aliphatic rings. The van der Waals surface area contributed by atoms with Crippen LogP contribution in [0.5, 0.6) is 5.75 Å². The summed E-state index contributed by atoms with van der Waals surface area (Å²) in [4.78, 5) is 7.79. The van der Waals surface area contributed by atoms with Crippen LogP contribution in [0.3, 0.4) is 0 Å². The SMILES string of the molecule is N#Cc1cc(COc2cccnc2N)ccn1. The number of hydrogen-bond donors (Lipinski definition) is 1. The Morgan fingerprint density at radius 3 is 2.94 bits per heavy atom. The average molecular weight is 226 g/mol. The van der Waals surface area contributed by atoms with Crippen molar-refractivity contribution in [1.29, 1.82) is 5.26 Å². The van der Waals surface area contributed by atoms with Crippen LogP contribution in [-0.4, -0.2) is 9.97 Å². The fourth-order valence-electron chi connectivity index (χ4n) is 1.31. The minimum atomic E-state index is 0.326. The molecular formula is C12H10N4O. The Labute approximate surface area is 98.5 Å². The van der Waals surface area contributed by atoms with Crippen LogP contribution in [-0.2, 0) is 6.61 Å². The van der Waals surface area contributed by atoms with Crippen molar-refractivity contribution < 1.29 is 4.74 Å². The molecule has 5 nitrogen and oxygen atoms in total. The number of ether oxygens (including phenoxy) is 1. The minimum Gasteiger partial charge on any atom is -0.485 e. The third-order valence-electron chi connectivity index (χ3n) is 2.13. The maximum Gasteiger partial charge on any atom is 0.166 e. The van der Waals surface area contributed by atoms with E-state index in [-0.39, 0.29) is 0 Å². The van der Waals surface area contributed by atoms with Gasteiger partial charge in [-0.15, -0.1) is 0 Å². The molecule has 0 fully saturated rings. The summed E-state index contributed by atoms with van der Waals surface area (Å²) in [6.07, 6.45) is 3.17. The van der Waals surface area contributed by atoms with Gasteiger partial charge in [0.1, 0.15) is 18.4 Å². The van der Waals surface area contributed by atoms with Gasteiger partial charge in [0.25, 0.3) is 0 Å². The molecule has 5 heteroatoms. The Morgan fingerprint density at radius 1 is 1.29 bits per heavy atom. The van der Waals surface area contributed by atoms with Gasteiger partial charge in [-0.3, -0.25) is 0 Å². The van der Waals surface area contributed by atoms with Crippen LogP contribution in [0.25, 0.3) is 0 Å². The summed E-state index contributed by atoms with van der Waals surface area (Å²) >= 11 is 0. The van der Waals surface area contributed by atoms with Crippen molar-refractivity contribution in [2.24, 2.45) is 0 Å². The molecule has 0 aliphatic carbocycles. The fourth-order valence-corrected chi connectivity index (χ4v) is 1.31. The molecule has 84 valence electrons. The molecule has 2 aromatic heterocycles. The lowest BCUT2D eigenvalue weighted by atomic mass is 10.2. The highest BCUT2D eigenvalue weighted by Gasteiger charge is 2.01. The molecule has 0 aliphatic heterocycles. The van der Waals surface area contributed by atoms with E-state index in [1.54, 1.807) is 36.7 Å². The van der Waals surface area contributed by atoms with E-state index < -0.39 is 0 Å². The summed E-state index contributed by atoms with van der Waals surface area (Å²) in [6, 6.07) is 8.93. The summed E-state index contributed by atoms with van der Waals surface area (Å²) in [6.45, 7) is 0.326. The summed E-state index contributed by atoms with van der Waals surface area (Å²) in [7, 11) is 0. The lowest BCUT2D eigenvalue weighted by Crippen LogP contribution is -2.00. The average Bonchev–Trinajstić information content (AvgIpc) is 2.38. The van der Waals surface area contributed by atoms with Gasteiger partial charge in [0.15, 0.2) is 11.6 Å². The first-order valence-electron chi connectivity index (χ1n) is 4.98. The van der Waals surface area contributed by atoms with Gasteiger partial charge in [-0.1, -0.05) is 0 Å². The van der Waals surface area contributed by atoms with E-state index in [9.17, 15) is 0 Å². The molecule has 0 radical (unpaired) electrons. The highest BCUT2D eigenvalue weighted by atomic mass is 16.5. The monoisotopic (exact) mass is 226 g/mol. The number of anilines is 1. The van der Waals surface area contributed by atoms with E-state index in [0.29, 0.717) is 23.9 Å². The van der Waals surface area contributed by atoms with Crippen molar-refractivity contribution in [1.82, 2.24) is 9.97 Å². The first-order chi connectivity index (χ1) is 8.29. The Morgan fingerprint density at radius 2 is 2.18 bits per heavy atom. The maximum atomic E-state index is 8.71. The molecule has 2 heterocycles. The van der Waals surface area contributed by atoms with Crippen molar-refractivity contribution >= 4 is 5.82 Å². The van der Waals surface area contributed by atoms with E-state index in [2.05, 4.69) is 9.97 Å². The Hall–Kier alpha value is -2.61. The topological polar surface area (TPSA) is 84.8 Å². The number of nitriles is 1. The molecule has 0 aromatic carbocycles. The van der Waals surface area contributed by atoms with Crippen molar-refractivity contribution in [2.45, 2.75) is 6.61 Å². The summed E-state index contributed by atoms with van der Waals surface area (Å²) in [5.41, 5.74) is 6.87. The van der Waals surface area contributed by atoms with Crippen LogP contribution < -0.4 is 10.5 Å². The number of aromatic nitrogens is 2. The molecule has 2 aromatic rings. The highest BCUT2D eigenvalue weighted by molar-refractivity contribution is 5.44. The zero-order valence-electron chi connectivity index (χ0n) is 9.00. The quantitative estimate of drug-likeness (QED) is 0.857. The number of rotatable bonds is 3. The third kappa shape index (κ3) is 2.69. The zero-order valence-corrected chi connectivity index (χ0v) is 9.00. The molecule has 0 saturated heterocycles. The second kappa shape index (κ2) is 4.94. The maximum absolute atomic E-state index is 8.71. The molecule has 0 spiro atoms. The second-order valence-electron chi connectivity index (χ2n) is 3.34. The van der Waals surface area contributed by atoms with E-state index >= 15 is 0 Å². The van der Waals surface area contributed by atoms with Gasteiger partial charge < -0.3 is 10.5 Å². The summed E-state index contributed by atoms with van der Waals surface area (Å²) in [5.74, 6) is 0.880. The Kier molecular flexibility index (Phi) is 3.17. The van der Waals surface area contributed by atoms with Crippen LogP contribution >= 0.6 is 0 Å². The van der Waals surface area contributed by atoms with Gasteiger partial charge >= 0.3 is 0 Å². The number of nitrogen functional groups attached to an aromatic ring is 1. The Balaban J connectivity index is 2.08. The first-order valence-corrected chi connectivity index (χ1v) is 4.98. The van der Waals surface area contributed by atoms with Gasteiger partial charge in [-0.25, -0.2) is 9.97 Å². The smallest absolute Gasteiger partial charge is 0.166 e. The van der Waals surface area contributed by atoms with E-state index in [1.807, 2.05) is 6.07 Å². The molecule has 17 heavy (non-hydrogen) atoms. The van der Waals surface area contributed by atoms with Gasteiger partial charge in [-0.2, -0.15) is 5.26 Å². The van der Waals surface area contributed by atoms with Crippen molar-refractivity contribution in [3.63, 3.8) is 0 Å². The molecule has 2 rings (SSSR count). The van der Waals surface area contributed by atoms with E-state index in [1.165, 1.54) is 0 Å². The third-order valence-corrected chi connectivity index (χ3v) is 2.13. The van der Waals surface area contributed by atoms with Crippen LogP contribution in [0, 0.1) is 11.3 Å². The van der Waals surface area contributed by atoms with Crippen LogP contribution in [0.4, 0.5) is 5.82 Å². The van der Waals surface area contributed by atoms with Crippen LogP contribution in [0.1, 0.15) is 11.3 Å². The fraction of sp³-hybridized carbons (Fsp3) is 0.0833. The van der Waals surface area contributed by atoms with Gasteiger partial charge in [-0.05, 0) is 29.8 Å². The second-order valence-corrected chi connectivity index (χ2v) is 3.34. The minimum absolute atomic E-state index is 0.326. The highest BCUT2D eigenvalue weighted by Crippen LogP contribution is 2.18. The number of nitrogens with zero attached hydrogens (tertiary/aromatic N) is 3. The number of hydrogen-bond acceptors (Lipinski definition) is 5. The molecule has 0 amide bonds. The van der Waals surface area contributed by atoms with Gasteiger partial charge in [0.2, 0.25) is 0 Å². The largest absolute Gasteiger partial charge is 0.485 e. The molecule has 0 saturated carbocycles. The summed E-state index contributed by atoms with van der Waals surface area (Å²) in [5, 5.41) is 8.71. The molecule has 0 unspecified atom stereocenters. The predicted octanol–water partition coefficient (Wildman–Crippen LogP) is 1.51. The number of nitrogens with two attached hydrogens (primary N) is 1. The lowest BCUT2D eigenvalue weighted by Gasteiger charge is -2.07. The van der Waals surface area contributed by atoms with Crippen molar-refractivity contribution in [3.05, 3.63) is 47.9 Å². The van der Waals surface area contributed by atoms with Crippen LogP contribution in [0.2, 0.25) is 0 Å². The number of pyridine rings is 2. The summed E-state index contributed by atoms with van der Waals surface area (Å²) < 4.78 is 5.50. The van der Waals surface area contributed by atoms with Crippen LogP contribution in [0.15, 0.2) is 36.7 Å². The van der Waals surface area contributed by atoms with E-state index in [0.717, 1.165) is 5.56 Å². The lowest BCUT2D eigenvalue weighted by molar-refractivity contribution is 0.307. The van der Waals surface area contributed by atoms with Gasteiger partial charge in [0.05, 0.1) is 0 Å². The molecule has 0 atom stereocenters.